The first-order valence-corrected chi connectivity index (χ1v) is 5.17. The van der Waals surface area contributed by atoms with Crippen LogP contribution in [0, 0.1) is 0 Å². The van der Waals surface area contributed by atoms with Gasteiger partial charge in [0.05, 0.1) is 0 Å². The number of nitrogens with one attached hydrogen (secondary N) is 1. The highest BCUT2D eigenvalue weighted by atomic mass is 35.5. The van der Waals surface area contributed by atoms with E-state index in [0.29, 0.717) is 16.6 Å². The molecule has 3 aromatic rings. The molecule has 3 aromatic heterocycles. The maximum Gasteiger partial charge on any atom is 0.247 e. The lowest BCUT2D eigenvalue weighted by Crippen LogP contribution is -2.02. The zero-order valence-corrected chi connectivity index (χ0v) is 9.22. The Morgan fingerprint density at radius 2 is 2.18 bits per heavy atom. The SMILES string of the molecule is O=c1ccc(-c2nnc3cc(Cl)ncn23)c[nH]1. The fourth-order valence-corrected chi connectivity index (χ4v) is 1.66. The molecule has 1 N–H and O–H groups in total. The number of aromatic amines is 1. The Balaban J connectivity index is 2.24. The lowest BCUT2D eigenvalue weighted by atomic mass is 10.3. The molecule has 0 saturated carbocycles. The van der Waals surface area contributed by atoms with Crippen molar-refractivity contribution in [1.82, 2.24) is 24.6 Å². The van der Waals surface area contributed by atoms with Gasteiger partial charge >= 0.3 is 0 Å². The predicted molar refractivity (Wildman–Crippen MR) is 61.8 cm³/mol. The summed E-state index contributed by atoms with van der Waals surface area (Å²) < 4.78 is 1.69. The molecular weight excluding hydrogens is 242 g/mol. The van der Waals surface area contributed by atoms with Gasteiger partial charge in [0.1, 0.15) is 11.5 Å². The Bertz CT molecular complexity index is 727. The molecule has 7 heteroatoms. The second kappa shape index (κ2) is 3.67. The molecule has 3 rings (SSSR count). The van der Waals surface area contributed by atoms with Crippen LogP contribution >= 0.6 is 11.6 Å². The average molecular weight is 248 g/mol. The third-order valence-corrected chi connectivity index (χ3v) is 2.52. The van der Waals surface area contributed by atoms with Crippen molar-refractivity contribution in [3.8, 4) is 11.4 Å². The lowest BCUT2D eigenvalue weighted by molar-refractivity contribution is 1.07. The number of fused-ring (bicyclic) bond motifs is 1. The van der Waals surface area contributed by atoms with Gasteiger partial charge in [-0.1, -0.05) is 11.6 Å². The molecule has 0 saturated heterocycles. The molecule has 17 heavy (non-hydrogen) atoms. The predicted octanol–water partition coefficient (Wildman–Crippen LogP) is 1.13. The fourth-order valence-electron chi connectivity index (χ4n) is 1.52. The normalized spacial score (nSPS) is 10.9. The van der Waals surface area contributed by atoms with Crippen molar-refractivity contribution in [2.24, 2.45) is 0 Å². The van der Waals surface area contributed by atoms with Gasteiger partial charge < -0.3 is 4.98 Å². The Hall–Kier alpha value is -2.21. The van der Waals surface area contributed by atoms with Gasteiger partial charge in [0.15, 0.2) is 11.5 Å². The molecule has 0 unspecified atom stereocenters. The first-order valence-electron chi connectivity index (χ1n) is 4.79. The maximum absolute atomic E-state index is 11.0. The molecule has 0 fully saturated rings. The van der Waals surface area contributed by atoms with E-state index in [1.54, 1.807) is 22.7 Å². The van der Waals surface area contributed by atoms with Crippen LogP contribution in [-0.4, -0.2) is 24.6 Å². The molecule has 0 radical (unpaired) electrons. The van der Waals surface area contributed by atoms with Crippen molar-refractivity contribution in [3.63, 3.8) is 0 Å². The van der Waals surface area contributed by atoms with E-state index in [-0.39, 0.29) is 5.56 Å². The standard InChI is InChI=1S/C10H6ClN5O/c11-7-3-8-14-15-10(16(8)5-13-7)6-1-2-9(17)12-4-6/h1-5H,(H,12,17). The van der Waals surface area contributed by atoms with Crippen LogP contribution in [0.15, 0.2) is 35.5 Å². The summed E-state index contributed by atoms with van der Waals surface area (Å²) in [6, 6.07) is 4.72. The van der Waals surface area contributed by atoms with Crippen molar-refractivity contribution in [2.45, 2.75) is 0 Å². The molecule has 84 valence electrons. The molecule has 6 nitrogen and oxygen atoms in total. The van der Waals surface area contributed by atoms with E-state index in [1.807, 2.05) is 0 Å². The monoisotopic (exact) mass is 247 g/mol. The molecule has 0 aliphatic rings. The van der Waals surface area contributed by atoms with Gasteiger partial charge in [0, 0.05) is 23.9 Å². The summed E-state index contributed by atoms with van der Waals surface area (Å²) >= 11 is 5.76. The minimum Gasteiger partial charge on any atom is -0.328 e. The summed E-state index contributed by atoms with van der Waals surface area (Å²) in [7, 11) is 0. The number of aromatic nitrogens is 5. The van der Waals surface area contributed by atoms with Crippen LogP contribution in [0.2, 0.25) is 5.15 Å². The fraction of sp³-hybridized carbons (Fsp3) is 0. The molecule has 0 spiro atoms. The number of H-pyrrole nitrogens is 1. The Morgan fingerprint density at radius 3 is 2.94 bits per heavy atom. The van der Waals surface area contributed by atoms with Crippen molar-refractivity contribution >= 4 is 17.2 Å². The molecule has 0 amide bonds. The maximum atomic E-state index is 11.0. The van der Waals surface area contributed by atoms with Gasteiger partial charge in [-0.25, -0.2) is 4.98 Å². The summed E-state index contributed by atoms with van der Waals surface area (Å²) in [6.45, 7) is 0. The highest BCUT2D eigenvalue weighted by Gasteiger charge is 2.08. The highest BCUT2D eigenvalue weighted by molar-refractivity contribution is 6.29. The Kier molecular flexibility index (Phi) is 2.15. The van der Waals surface area contributed by atoms with Crippen LogP contribution in [0.4, 0.5) is 0 Å². The molecule has 0 aromatic carbocycles. The molecule has 0 bridgehead atoms. The van der Waals surface area contributed by atoms with Gasteiger partial charge in [-0.15, -0.1) is 10.2 Å². The summed E-state index contributed by atoms with van der Waals surface area (Å²) in [6.07, 6.45) is 3.12. The number of halogens is 1. The minimum absolute atomic E-state index is 0.163. The minimum atomic E-state index is -0.163. The number of hydrogen-bond donors (Lipinski definition) is 1. The number of pyridine rings is 1. The van der Waals surface area contributed by atoms with Crippen LogP contribution in [-0.2, 0) is 0 Å². The second-order valence-corrected chi connectivity index (χ2v) is 3.79. The smallest absolute Gasteiger partial charge is 0.247 e. The van der Waals surface area contributed by atoms with E-state index in [1.165, 1.54) is 12.4 Å². The van der Waals surface area contributed by atoms with Crippen LogP contribution in [0.3, 0.4) is 0 Å². The van der Waals surface area contributed by atoms with E-state index in [4.69, 9.17) is 11.6 Å². The average Bonchev–Trinajstić information content (AvgIpc) is 2.73. The molecular formula is C10H6ClN5O. The van der Waals surface area contributed by atoms with E-state index in [2.05, 4.69) is 20.2 Å². The number of rotatable bonds is 1. The summed E-state index contributed by atoms with van der Waals surface area (Å²) in [4.78, 5) is 17.5. The second-order valence-electron chi connectivity index (χ2n) is 3.41. The van der Waals surface area contributed by atoms with Gasteiger partial charge in [0.25, 0.3) is 0 Å². The first-order chi connectivity index (χ1) is 8.24. The summed E-state index contributed by atoms with van der Waals surface area (Å²) in [5, 5.41) is 8.36. The first kappa shape index (κ1) is 9.98. The van der Waals surface area contributed by atoms with Gasteiger partial charge in [-0.2, -0.15) is 0 Å². The van der Waals surface area contributed by atoms with Crippen LogP contribution < -0.4 is 5.56 Å². The summed E-state index contributed by atoms with van der Waals surface area (Å²) in [5.41, 5.74) is 1.19. The molecule has 0 aliphatic heterocycles. The quantitative estimate of drug-likeness (QED) is 0.654. The van der Waals surface area contributed by atoms with E-state index >= 15 is 0 Å². The largest absolute Gasteiger partial charge is 0.328 e. The topological polar surface area (TPSA) is 75.9 Å². The van der Waals surface area contributed by atoms with Crippen molar-refractivity contribution in [3.05, 3.63) is 46.2 Å². The van der Waals surface area contributed by atoms with Crippen molar-refractivity contribution in [2.75, 3.05) is 0 Å². The van der Waals surface area contributed by atoms with Crippen LogP contribution in [0.25, 0.3) is 17.0 Å². The zero-order valence-electron chi connectivity index (χ0n) is 8.46. The van der Waals surface area contributed by atoms with Gasteiger partial charge in [-0.3, -0.25) is 9.20 Å². The van der Waals surface area contributed by atoms with Gasteiger partial charge in [-0.05, 0) is 6.07 Å². The highest BCUT2D eigenvalue weighted by Crippen LogP contribution is 2.17. The van der Waals surface area contributed by atoms with E-state index in [0.717, 1.165) is 5.56 Å². The number of nitrogens with zero attached hydrogens (tertiary/aromatic N) is 4. The Labute approximate surface area is 99.9 Å². The molecule has 0 atom stereocenters. The van der Waals surface area contributed by atoms with E-state index < -0.39 is 0 Å². The number of hydrogen-bond acceptors (Lipinski definition) is 4. The summed E-state index contributed by atoms with van der Waals surface area (Å²) in [5.74, 6) is 0.598. The molecule has 0 aliphatic carbocycles. The third kappa shape index (κ3) is 1.68. The van der Waals surface area contributed by atoms with Crippen molar-refractivity contribution < 1.29 is 0 Å². The molecule has 3 heterocycles. The lowest BCUT2D eigenvalue weighted by Gasteiger charge is -1.98. The Morgan fingerprint density at radius 1 is 1.29 bits per heavy atom. The third-order valence-electron chi connectivity index (χ3n) is 2.31. The van der Waals surface area contributed by atoms with Crippen molar-refractivity contribution in [1.29, 1.82) is 0 Å². The van der Waals surface area contributed by atoms with E-state index in [9.17, 15) is 4.79 Å². The van der Waals surface area contributed by atoms with Crippen LogP contribution in [0.5, 0.6) is 0 Å². The zero-order chi connectivity index (χ0) is 11.8. The van der Waals surface area contributed by atoms with Gasteiger partial charge in [0.2, 0.25) is 5.56 Å². The van der Waals surface area contributed by atoms with Crippen LogP contribution in [0.1, 0.15) is 0 Å².